The minimum atomic E-state index is 0.930. The van der Waals surface area contributed by atoms with Gasteiger partial charge in [-0.15, -0.1) is 0 Å². The van der Waals surface area contributed by atoms with Crippen LogP contribution in [0.2, 0.25) is 0 Å². The van der Waals surface area contributed by atoms with E-state index < -0.39 is 0 Å². The molecule has 0 spiro atoms. The normalized spacial score (nSPS) is 15.6. The van der Waals surface area contributed by atoms with E-state index in [-0.39, 0.29) is 0 Å². The maximum Gasteiger partial charge on any atom is 0.135 e. The number of rotatable bonds is 4. The van der Waals surface area contributed by atoms with Gasteiger partial charge in [-0.25, -0.2) is 0 Å². The first-order chi connectivity index (χ1) is 12.3. The predicted molar refractivity (Wildman–Crippen MR) is 102 cm³/mol. The number of aryl methyl sites for hydroxylation is 1. The van der Waals surface area contributed by atoms with Gasteiger partial charge in [-0.1, -0.05) is 36.8 Å². The number of ether oxygens (including phenoxy) is 1. The van der Waals surface area contributed by atoms with Gasteiger partial charge < -0.3 is 9.15 Å². The molecular weight excluding hydrogens is 310 g/mol. The Bertz CT molecular complexity index is 861. The summed E-state index contributed by atoms with van der Waals surface area (Å²) in [6.45, 7) is 5.32. The molecule has 3 heteroatoms. The van der Waals surface area contributed by atoms with Gasteiger partial charge in [0.1, 0.15) is 17.1 Å². The Morgan fingerprint density at radius 1 is 1.04 bits per heavy atom. The van der Waals surface area contributed by atoms with E-state index in [0.717, 1.165) is 29.0 Å². The maximum absolute atomic E-state index is 6.11. The van der Waals surface area contributed by atoms with E-state index in [1.807, 2.05) is 13.0 Å². The third-order valence-electron chi connectivity index (χ3n) is 5.17. The smallest absolute Gasteiger partial charge is 0.135 e. The van der Waals surface area contributed by atoms with Crippen LogP contribution < -0.4 is 4.74 Å². The highest BCUT2D eigenvalue weighted by atomic mass is 16.5. The molecule has 2 heterocycles. The van der Waals surface area contributed by atoms with Crippen LogP contribution in [-0.4, -0.2) is 25.1 Å². The molecule has 25 heavy (non-hydrogen) atoms. The standard InChI is InChI=1S/C22H25NO2/c1-16-22(17-9-5-3-6-10-17)19-14-20(24-2)18(13-21(19)25-16)15-23-11-7-4-8-12-23/h3,5-6,9-10,13-14H,4,7-8,11-12,15H2,1-2H3. The number of hydrogen-bond donors (Lipinski definition) is 0. The van der Waals surface area contributed by atoms with Crippen molar-refractivity contribution in [3.63, 3.8) is 0 Å². The highest BCUT2D eigenvalue weighted by Gasteiger charge is 2.18. The van der Waals surface area contributed by atoms with E-state index in [1.165, 1.54) is 49.0 Å². The van der Waals surface area contributed by atoms with Crippen molar-refractivity contribution >= 4 is 11.0 Å². The molecule has 2 aromatic carbocycles. The summed E-state index contributed by atoms with van der Waals surface area (Å²) in [6.07, 6.45) is 3.94. The first-order valence-corrected chi connectivity index (χ1v) is 9.14. The third kappa shape index (κ3) is 3.16. The minimum Gasteiger partial charge on any atom is -0.496 e. The summed E-state index contributed by atoms with van der Waals surface area (Å²) in [4.78, 5) is 2.51. The summed E-state index contributed by atoms with van der Waals surface area (Å²) in [5, 5.41) is 1.13. The molecule has 0 aliphatic carbocycles. The molecule has 0 unspecified atom stereocenters. The van der Waals surface area contributed by atoms with Gasteiger partial charge >= 0.3 is 0 Å². The predicted octanol–water partition coefficient (Wildman–Crippen LogP) is 5.40. The van der Waals surface area contributed by atoms with Gasteiger partial charge in [0.25, 0.3) is 0 Å². The fourth-order valence-electron chi connectivity index (χ4n) is 3.92. The van der Waals surface area contributed by atoms with Gasteiger partial charge in [0, 0.05) is 23.1 Å². The lowest BCUT2D eigenvalue weighted by Gasteiger charge is -2.27. The van der Waals surface area contributed by atoms with Gasteiger partial charge in [0.15, 0.2) is 0 Å². The van der Waals surface area contributed by atoms with Crippen molar-refractivity contribution in [3.05, 3.63) is 53.8 Å². The summed E-state index contributed by atoms with van der Waals surface area (Å²) in [5.74, 6) is 1.91. The van der Waals surface area contributed by atoms with Crippen LogP contribution in [0.5, 0.6) is 5.75 Å². The number of hydrogen-bond acceptors (Lipinski definition) is 3. The summed E-state index contributed by atoms with van der Waals surface area (Å²) in [7, 11) is 1.76. The first-order valence-electron chi connectivity index (χ1n) is 9.14. The summed E-state index contributed by atoms with van der Waals surface area (Å²) in [5.41, 5.74) is 4.51. The number of methoxy groups -OCH3 is 1. The number of piperidine rings is 1. The molecule has 0 saturated carbocycles. The molecule has 3 aromatic rings. The molecule has 0 radical (unpaired) electrons. The molecule has 0 N–H and O–H groups in total. The number of furan rings is 1. The Kier molecular flexibility index (Phi) is 4.50. The zero-order valence-corrected chi connectivity index (χ0v) is 15.0. The molecule has 0 bridgehead atoms. The van der Waals surface area contributed by atoms with Gasteiger partial charge in [0.2, 0.25) is 0 Å². The molecule has 0 amide bonds. The SMILES string of the molecule is COc1cc2c(-c3ccccc3)c(C)oc2cc1CN1CCCCC1. The average Bonchev–Trinajstić information content (AvgIpc) is 2.97. The second-order valence-electron chi connectivity index (χ2n) is 6.90. The Labute approximate surface area is 149 Å². The van der Waals surface area contributed by atoms with Crippen LogP contribution in [0.15, 0.2) is 46.9 Å². The third-order valence-corrected chi connectivity index (χ3v) is 5.17. The van der Waals surface area contributed by atoms with Crippen molar-refractivity contribution in [2.24, 2.45) is 0 Å². The van der Waals surface area contributed by atoms with Gasteiger partial charge in [-0.2, -0.15) is 0 Å². The second kappa shape index (κ2) is 6.93. The number of benzene rings is 2. The molecular formula is C22H25NO2. The van der Waals surface area contributed by atoms with Crippen LogP contribution >= 0.6 is 0 Å². The van der Waals surface area contributed by atoms with Crippen molar-refractivity contribution in [1.82, 2.24) is 4.90 Å². The lowest BCUT2D eigenvalue weighted by molar-refractivity contribution is 0.218. The highest BCUT2D eigenvalue weighted by Crippen LogP contribution is 2.38. The molecule has 1 saturated heterocycles. The Hall–Kier alpha value is -2.26. The van der Waals surface area contributed by atoms with E-state index in [1.54, 1.807) is 7.11 Å². The molecule has 130 valence electrons. The van der Waals surface area contributed by atoms with Crippen LogP contribution in [0, 0.1) is 6.92 Å². The fourth-order valence-corrected chi connectivity index (χ4v) is 3.92. The van der Waals surface area contributed by atoms with Crippen molar-refractivity contribution in [2.75, 3.05) is 20.2 Å². The fraction of sp³-hybridized carbons (Fsp3) is 0.364. The lowest BCUT2D eigenvalue weighted by atomic mass is 10.0. The van der Waals surface area contributed by atoms with Gasteiger partial charge in [-0.05, 0) is 50.6 Å². The van der Waals surface area contributed by atoms with E-state index >= 15 is 0 Å². The average molecular weight is 335 g/mol. The quantitative estimate of drug-likeness (QED) is 0.638. The lowest BCUT2D eigenvalue weighted by Crippen LogP contribution is -2.29. The van der Waals surface area contributed by atoms with Crippen LogP contribution in [0.3, 0.4) is 0 Å². The van der Waals surface area contributed by atoms with Crippen LogP contribution in [0.4, 0.5) is 0 Å². The van der Waals surface area contributed by atoms with E-state index in [4.69, 9.17) is 9.15 Å². The highest BCUT2D eigenvalue weighted by molar-refractivity contribution is 5.97. The molecule has 4 rings (SSSR count). The molecule has 3 nitrogen and oxygen atoms in total. The Morgan fingerprint density at radius 2 is 1.80 bits per heavy atom. The van der Waals surface area contributed by atoms with Gasteiger partial charge in [0.05, 0.1) is 7.11 Å². The molecule has 1 fully saturated rings. The summed E-state index contributed by atoms with van der Waals surface area (Å²) >= 11 is 0. The molecule has 1 aliphatic heterocycles. The van der Waals surface area contributed by atoms with Crippen molar-refractivity contribution in [3.8, 4) is 16.9 Å². The number of likely N-dealkylation sites (tertiary alicyclic amines) is 1. The zero-order valence-electron chi connectivity index (χ0n) is 15.0. The number of nitrogens with zero attached hydrogens (tertiary/aromatic N) is 1. The first kappa shape index (κ1) is 16.2. The molecule has 1 aromatic heterocycles. The van der Waals surface area contributed by atoms with E-state index in [9.17, 15) is 0 Å². The molecule has 0 atom stereocenters. The zero-order chi connectivity index (χ0) is 17.2. The van der Waals surface area contributed by atoms with Crippen LogP contribution in [-0.2, 0) is 6.54 Å². The largest absolute Gasteiger partial charge is 0.496 e. The van der Waals surface area contributed by atoms with Crippen LogP contribution in [0.25, 0.3) is 22.1 Å². The second-order valence-corrected chi connectivity index (χ2v) is 6.90. The monoisotopic (exact) mass is 335 g/mol. The van der Waals surface area contributed by atoms with Crippen LogP contribution in [0.1, 0.15) is 30.6 Å². The van der Waals surface area contributed by atoms with E-state index in [0.29, 0.717) is 0 Å². The molecule has 1 aliphatic rings. The van der Waals surface area contributed by atoms with E-state index in [2.05, 4.69) is 41.3 Å². The summed E-state index contributed by atoms with van der Waals surface area (Å²) in [6, 6.07) is 14.7. The van der Waals surface area contributed by atoms with Crippen molar-refractivity contribution in [2.45, 2.75) is 32.7 Å². The number of fused-ring (bicyclic) bond motifs is 1. The topological polar surface area (TPSA) is 25.6 Å². The maximum atomic E-state index is 6.11. The Balaban J connectivity index is 1.77. The Morgan fingerprint density at radius 3 is 2.52 bits per heavy atom. The minimum absolute atomic E-state index is 0.930. The summed E-state index contributed by atoms with van der Waals surface area (Å²) < 4.78 is 11.8. The van der Waals surface area contributed by atoms with Gasteiger partial charge in [-0.3, -0.25) is 4.90 Å². The van der Waals surface area contributed by atoms with Crippen molar-refractivity contribution < 1.29 is 9.15 Å². The van der Waals surface area contributed by atoms with Crippen molar-refractivity contribution in [1.29, 1.82) is 0 Å².